The molecule has 0 aliphatic heterocycles. The summed E-state index contributed by atoms with van der Waals surface area (Å²) in [6.45, 7) is 0. The van der Waals surface area contributed by atoms with Crippen LogP contribution in [0.1, 0.15) is 24.8 Å². The number of rotatable bonds is 5. The highest BCUT2D eigenvalue weighted by Crippen LogP contribution is 2.55. The second-order valence-corrected chi connectivity index (χ2v) is 11.5. The van der Waals surface area contributed by atoms with Crippen molar-refractivity contribution in [1.29, 1.82) is 0 Å². The van der Waals surface area contributed by atoms with Gasteiger partial charge in [0, 0.05) is 45.8 Å². The van der Waals surface area contributed by atoms with E-state index in [-0.39, 0.29) is 17.8 Å². The first-order chi connectivity index (χ1) is 20.0. The maximum atomic E-state index is 13.5. The molecule has 0 radical (unpaired) electrons. The van der Waals surface area contributed by atoms with Crippen molar-refractivity contribution in [3.63, 3.8) is 0 Å². The number of nitrogens with two attached hydrogens (primary N) is 1. The van der Waals surface area contributed by atoms with E-state index in [1.807, 2.05) is 30.5 Å². The van der Waals surface area contributed by atoms with Gasteiger partial charge in [0.25, 0.3) is 0 Å². The normalized spacial score (nSPS) is 22.2. The van der Waals surface area contributed by atoms with E-state index in [0.717, 1.165) is 51.7 Å². The summed E-state index contributed by atoms with van der Waals surface area (Å²) in [5, 5.41) is 16.1. The van der Waals surface area contributed by atoms with Gasteiger partial charge in [-0.05, 0) is 66.6 Å². The van der Waals surface area contributed by atoms with E-state index < -0.39 is 5.54 Å². The summed E-state index contributed by atoms with van der Waals surface area (Å²) in [4.78, 5) is 9.84. The van der Waals surface area contributed by atoms with Crippen molar-refractivity contribution in [2.45, 2.75) is 30.9 Å². The van der Waals surface area contributed by atoms with Crippen LogP contribution in [0.15, 0.2) is 97.2 Å². The van der Waals surface area contributed by atoms with E-state index in [1.165, 1.54) is 12.1 Å². The highest BCUT2D eigenvalue weighted by molar-refractivity contribution is 5.91. The standard InChI is InChI=1S/C34H28FN5O/c35-26-14-10-21(11-15-26)28-17-30-37-19-24-16-27(20-4-2-1-3-5-20)32(38-33(24)40(30)39-28)23-8-12-25(13-9-23)34(36)18-29(41)31(34)22-6-7-22/h1-5,8-17,19,22,29,31,41H,6-7,18,36H2/t29-,31?,34-/m0/s1. The molecule has 3 N–H and O–H groups in total. The molecule has 1 unspecified atom stereocenters. The van der Waals surface area contributed by atoms with Crippen molar-refractivity contribution >= 4 is 16.7 Å². The molecule has 6 nitrogen and oxygen atoms in total. The largest absolute Gasteiger partial charge is 0.393 e. The van der Waals surface area contributed by atoms with Crippen LogP contribution in [0.25, 0.3) is 50.3 Å². The Kier molecular flexibility index (Phi) is 5.36. The Bertz CT molecular complexity index is 1910. The number of aliphatic hydroxyl groups excluding tert-OH is 1. The van der Waals surface area contributed by atoms with Gasteiger partial charge in [-0.1, -0.05) is 54.6 Å². The molecule has 8 rings (SSSR count). The minimum Gasteiger partial charge on any atom is -0.393 e. The number of hydrogen-bond acceptors (Lipinski definition) is 5. The lowest BCUT2D eigenvalue weighted by atomic mass is 9.59. The lowest BCUT2D eigenvalue weighted by molar-refractivity contribution is -0.0679. The topological polar surface area (TPSA) is 89.3 Å². The molecule has 3 aromatic heterocycles. The predicted octanol–water partition coefficient (Wildman–Crippen LogP) is 6.36. The molecular formula is C34H28FN5O. The molecule has 2 aliphatic rings. The van der Waals surface area contributed by atoms with Crippen LogP contribution < -0.4 is 5.73 Å². The molecular weight excluding hydrogens is 513 g/mol. The van der Waals surface area contributed by atoms with Crippen molar-refractivity contribution in [3.8, 4) is 33.6 Å². The van der Waals surface area contributed by atoms with Crippen LogP contribution in [0.4, 0.5) is 4.39 Å². The zero-order valence-electron chi connectivity index (χ0n) is 22.3. The molecule has 0 saturated heterocycles. The molecule has 2 fully saturated rings. The van der Waals surface area contributed by atoms with Gasteiger partial charge >= 0.3 is 0 Å². The summed E-state index contributed by atoms with van der Waals surface area (Å²) in [7, 11) is 0. The van der Waals surface area contributed by atoms with E-state index in [4.69, 9.17) is 15.8 Å². The third kappa shape index (κ3) is 3.96. The Labute approximate surface area is 236 Å². The number of aromatic nitrogens is 4. The Balaban J connectivity index is 1.27. The molecule has 0 spiro atoms. The van der Waals surface area contributed by atoms with Gasteiger partial charge in [0.1, 0.15) is 5.82 Å². The van der Waals surface area contributed by atoms with Crippen molar-refractivity contribution in [2.24, 2.45) is 17.6 Å². The summed E-state index contributed by atoms with van der Waals surface area (Å²) in [5.74, 6) is 0.368. The summed E-state index contributed by atoms with van der Waals surface area (Å²) >= 11 is 0. The second kappa shape index (κ2) is 9.03. The Morgan fingerprint density at radius 3 is 2.32 bits per heavy atom. The number of halogens is 1. The second-order valence-electron chi connectivity index (χ2n) is 11.5. The first-order valence-corrected chi connectivity index (χ1v) is 14.1. The lowest BCUT2D eigenvalue weighted by Gasteiger charge is -2.51. The summed E-state index contributed by atoms with van der Waals surface area (Å²) in [6.07, 6.45) is 4.41. The van der Waals surface area contributed by atoms with Crippen molar-refractivity contribution in [2.75, 3.05) is 0 Å². The van der Waals surface area contributed by atoms with Gasteiger partial charge in [0.15, 0.2) is 11.3 Å². The Hall–Kier alpha value is -4.46. The highest BCUT2D eigenvalue weighted by Gasteiger charge is 2.57. The van der Waals surface area contributed by atoms with Gasteiger partial charge in [-0.2, -0.15) is 9.61 Å². The third-order valence-corrected chi connectivity index (χ3v) is 8.86. The molecule has 3 aromatic carbocycles. The maximum absolute atomic E-state index is 13.5. The van der Waals surface area contributed by atoms with Crippen molar-refractivity contribution in [3.05, 3.63) is 109 Å². The molecule has 6 aromatic rings. The first kappa shape index (κ1) is 24.3. The number of benzene rings is 3. The van der Waals surface area contributed by atoms with Gasteiger partial charge in [-0.3, -0.25) is 0 Å². The fraction of sp³-hybridized carbons (Fsp3) is 0.206. The molecule has 41 heavy (non-hydrogen) atoms. The van der Waals surface area contributed by atoms with Crippen LogP contribution in [-0.2, 0) is 5.54 Å². The van der Waals surface area contributed by atoms with Crippen LogP contribution in [-0.4, -0.2) is 30.8 Å². The van der Waals surface area contributed by atoms with Gasteiger partial charge < -0.3 is 10.8 Å². The van der Waals surface area contributed by atoms with E-state index in [2.05, 4.69) is 47.4 Å². The third-order valence-electron chi connectivity index (χ3n) is 8.86. The number of fused-ring (bicyclic) bond motifs is 3. The van der Waals surface area contributed by atoms with E-state index in [1.54, 1.807) is 16.6 Å². The van der Waals surface area contributed by atoms with Crippen LogP contribution >= 0.6 is 0 Å². The van der Waals surface area contributed by atoms with E-state index >= 15 is 0 Å². The summed E-state index contributed by atoms with van der Waals surface area (Å²) < 4.78 is 15.3. The van der Waals surface area contributed by atoms with E-state index in [9.17, 15) is 9.50 Å². The first-order valence-electron chi connectivity index (χ1n) is 14.1. The molecule has 3 heterocycles. The van der Waals surface area contributed by atoms with Crippen molar-refractivity contribution in [1.82, 2.24) is 19.6 Å². The average Bonchev–Trinajstić information content (AvgIpc) is 3.71. The predicted molar refractivity (Wildman–Crippen MR) is 157 cm³/mol. The van der Waals surface area contributed by atoms with Crippen LogP contribution in [0.2, 0.25) is 0 Å². The average molecular weight is 542 g/mol. The highest BCUT2D eigenvalue weighted by atomic mass is 19.1. The van der Waals surface area contributed by atoms with Gasteiger partial charge in [0.05, 0.1) is 17.5 Å². The fourth-order valence-electron chi connectivity index (χ4n) is 6.59. The zero-order valence-corrected chi connectivity index (χ0v) is 22.3. The van der Waals surface area contributed by atoms with Gasteiger partial charge in [-0.15, -0.1) is 0 Å². The molecule has 7 heteroatoms. The lowest BCUT2D eigenvalue weighted by Crippen LogP contribution is -2.61. The van der Waals surface area contributed by atoms with Gasteiger partial charge in [0.2, 0.25) is 0 Å². The smallest absolute Gasteiger partial charge is 0.165 e. The minimum atomic E-state index is -0.484. The zero-order chi connectivity index (χ0) is 27.7. The monoisotopic (exact) mass is 541 g/mol. The summed E-state index contributed by atoms with van der Waals surface area (Å²) in [6, 6.07) is 28.9. The maximum Gasteiger partial charge on any atom is 0.165 e. The number of nitrogens with zero attached hydrogens (tertiary/aromatic N) is 4. The van der Waals surface area contributed by atoms with Gasteiger partial charge in [-0.25, -0.2) is 14.4 Å². The molecule has 2 saturated carbocycles. The van der Waals surface area contributed by atoms with E-state index in [0.29, 0.717) is 29.3 Å². The summed E-state index contributed by atoms with van der Waals surface area (Å²) in [5.41, 5.74) is 14.2. The molecule has 0 amide bonds. The Morgan fingerprint density at radius 1 is 0.878 bits per heavy atom. The number of pyridine rings is 1. The molecule has 2 aliphatic carbocycles. The quantitative estimate of drug-likeness (QED) is 0.265. The fourth-order valence-corrected chi connectivity index (χ4v) is 6.59. The number of hydrogen-bond donors (Lipinski definition) is 2. The molecule has 202 valence electrons. The van der Waals surface area contributed by atoms with Crippen LogP contribution in [0.3, 0.4) is 0 Å². The Morgan fingerprint density at radius 2 is 1.61 bits per heavy atom. The SMILES string of the molecule is N[C@]1(c2ccc(-c3nc4c(cnc5cc(-c6ccc(F)cc6)nn54)cc3-c3ccccc3)cc2)C[C@H](O)C1C1CC1. The number of aliphatic hydroxyl groups is 1. The molecule has 3 atom stereocenters. The van der Waals surface area contributed by atoms with Crippen molar-refractivity contribution < 1.29 is 9.50 Å². The van der Waals surface area contributed by atoms with Crippen LogP contribution in [0, 0.1) is 17.7 Å². The molecule has 0 bridgehead atoms. The van der Waals surface area contributed by atoms with Crippen LogP contribution in [0.5, 0.6) is 0 Å². The minimum absolute atomic E-state index is 0.128.